The number of ether oxygens (including phenoxy) is 1. The van der Waals surface area contributed by atoms with E-state index in [1.54, 1.807) is 0 Å². The molecule has 20 heteroatoms. The molecule has 30 heavy (non-hydrogen) atoms. The highest BCUT2D eigenvalue weighted by Gasteiger charge is 2.54. The highest BCUT2D eigenvalue weighted by molar-refractivity contribution is 7.66. The molecule has 1 aromatic heterocycles. The number of phosphoric ester groups is 1. The van der Waals surface area contributed by atoms with E-state index in [4.69, 9.17) is 19.4 Å². The summed E-state index contributed by atoms with van der Waals surface area (Å²) in [5.74, 6) is 0. The Balaban J connectivity index is 2.15. The molecule has 0 bridgehead atoms. The van der Waals surface area contributed by atoms with Crippen LogP contribution in [0.1, 0.15) is 13.2 Å². The second-order valence-electron chi connectivity index (χ2n) is 6.14. The maximum atomic E-state index is 11.8. The third kappa shape index (κ3) is 6.24. The van der Waals surface area contributed by atoms with E-state index >= 15 is 0 Å². The molecule has 172 valence electrons. The molecule has 0 spiro atoms. The zero-order valence-electron chi connectivity index (χ0n) is 14.7. The normalized spacial score (nSPS) is 31.2. The molecule has 0 saturated carbocycles. The number of rotatable bonds is 8. The van der Waals surface area contributed by atoms with E-state index in [1.807, 2.05) is 4.98 Å². The molecule has 1 aliphatic heterocycles. The van der Waals surface area contributed by atoms with E-state index in [9.17, 15) is 38.4 Å². The van der Waals surface area contributed by atoms with Crippen molar-refractivity contribution in [1.29, 1.82) is 0 Å². The average Bonchev–Trinajstić information content (AvgIpc) is 2.75. The van der Waals surface area contributed by atoms with Crippen LogP contribution in [0.25, 0.3) is 0 Å². The molecule has 1 aliphatic rings. The first-order chi connectivity index (χ1) is 13.4. The minimum absolute atomic E-state index is 0.714. The molecular weight excluding hydrogens is 481 g/mol. The lowest BCUT2D eigenvalue weighted by Crippen LogP contribution is -2.44. The molecule has 2 rings (SSSR count). The van der Waals surface area contributed by atoms with Gasteiger partial charge in [0.1, 0.15) is 17.8 Å². The van der Waals surface area contributed by atoms with Crippen LogP contribution < -0.4 is 11.2 Å². The van der Waals surface area contributed by atoms with E-state index in [2.05, 4.69) is 13.1 Å². The summed E-state index contributed by atoms with van der Waals surface area (Å²) < 4.78 is 51.2. The van der Waals surface area contributed by atoms with Crippen LogP contribution in [0.15, 0.2) is 21.9 Å². The van der Waals surface area contributed by atoms with Crippen molar-refractivity contribution in [3.63, 3.8) is 0 Å². The summed E-state index contributed by atoms with van der Waals surface area (Å²) >= 11 is 0. The minimum atomic E-state index is -5.75. The molecule has 17 nitrogen and oxygen atoms in total. The topological polar surface area (TPSA) is 264 Å². The number of phosphoric acid groups is 3. The van der Waals surface area contributed by atoms with Gasteiger partial charge in [0.2, 0.25) is 0 Å². The summed E-state index contributed by atoms with van der Waals surface area (Å²) in [6.07, 6.45) is -4.24. The molecule has 0 aromatic carbocycles. The monoisotopic (exact) mass is 498 g/mol. The molecular formula is C10H17N2O15P3. The first-order valence-corrected chi connectivity index (χ1v) is 12.1. The molecule has 3 unspecified atom stereocenters. The Kier molecular flexibility index (Phi) is 7.14. The Hall–Kier alpha value is -1.03. The maximum absolute atomic E-state index is 11.8. The van der Waals surface area contributed by atoms with E-state index < -0.39 is 65.4 Å². The summed E-state index contributed by atoms with van der Waals surface area (Å²) in [7, 11) is -16.8. The van der Waals surface area contributed by atoms with Gasteiger partial charge in [-0.3, -0.25) is 18.9 Å². The zero-order valence-corrected chi connectivity index (χ0v) is 17.4. The van der Waals surface area contributed by atoms with Crippen LogP contribution in [0.3, 0.4) is 0 Å². The fraction of sp³-hybridized carbons (Fsp3) is 0.600. The van der Waals surface area contributed by atoms with Gasteiger partial charge in [0.25, 0.3) is 5.56 Å². The van der Waals surface area contributed by atoms with Crippen molar-refractivity contribution in [3.8, 4) is 0 Å². The molecule has 0 aliphatic carbocycles. The Labute approximate surface area is 165 Å². The first kappa shape index (κ1) is 25.2. The van der Waals surface area contributed by atoms with Gasteiger partial charge in [-0.15, -0.1) is 0 Å². The van der Waals surface area contributed by atoms with Crippen molar-refractivity contribution in [2.75, 3.05) is 6.61 Å². The molecule has 0 amide bonds. The third-order valence-corrected chi connectivity index (χ3v) is 7.47. The van der Waals surface area contributed by atoms with E-state index in [0.29, 0.717) is 4.57 Å². The van der Waals surface area contributed by atoms with Crippen molar-refractivity contribution < 1.29 is 61.4 Å². The minimum Gasteiger partial charge on any atom is -0.387 e. The number of hydrogen-bond donors (Lipinski definition) is 7. The fourth-order valence-electron chi connectivity index (χ4n) is 2.41. The highest BCUT2D eigenvalue weighted by atomic mass is 31.3. The van der Waals surface area contributed by atoms with Crippen LogP contribution in [0.4, 0.5) is 0 Å². The predicted octanol–water partition coefficient (Wildman–Crippen LogP) is -2.11. The Morgan fingerprint density at radius 2 is 1.73 bits per heavy atom. The largest absolute Gasteiger partial charge is 0.490 e. The second-order valence-corrected chi connectivity index (χ2v) is 10.6. The Morgan fingerprint density at radius 1 is 1.13 bits per heavy atom. The van der Waals surface area contributed by atoms with Crippen molar-refractivity contribution in [2.24, 2.45) is 0 Å². The SMILES string of the molecule is C[C@]1(COP(=O)(O)OP(=O)(O)OP(=O)(O)O)O[C@@H](n2ccc(=O)[nH]c2=O)C(O)[C@H]1O. The lowest BCUT2D eigenvalue weighted by Gasteiger charge is -2.28. The van der Waals surface area contributed by atoms with E-state index in [-0.39, 0.29) is 0 Å². The van der Waals surface area contributed by atoms with Crippen LogP contribution in [0.2, 0.25) is 0 Å². The van der Waals surface area contributed by atoms with Crippen LogP contribution in [0, 0.1) is 0 Å². The van der Waals surface area contributed by atoms with E-state index in [1.165, 1.54) is 0 Å². The highest BCUT2D eigenvalue weighted by Crippen LogP contribution is 2.66. The molecule has 6 atom stereocenters. The van der Waals surface area contributed by atoms with Gasteiger partial charge in [-0.1, -0.05) is 0 Å². The van der Waals surface area contributed by atoms with Crippen LogP contribution in [0.5, 0.6) is 0 Å². The number of nitrogens with one attached hydrogen (secondary N) is 1. The van der Waals surface area contributed by atoms with Gasteiger partial charge in [-0.05, 0) is 6.92 Å². The van der Waals surface area contributed by atoms with Gasteiger partial charge in [0, 0.05) is 12.3 Å². The van der Waals surface area contributed by atoms with Crippen molar-refractivity contribution in [1.82, 2.24) is 9.55 Å². The summed E-state index contributed by atoms with van der Waals surface area (Å²) in [6, 6.07) is 0.922. The van der Waals surface area contributed by atoms with Gasteiger partial charge in [-0.25, -0.2) is 18.5 Å². The molecule has 1 fully saturated rings. The molecule has 2 heterocycles. The number of hydrogen-bond acceptors (Lipinski definition) is 11. The smallest absolute Gasteiger partial charge is 0.387 e. The zero-order chi connectivity index (χ0) is 23.1. The summed E-state index contributed by atoms with van der Waals surface area (Å²) in [5.41, 5.74) is -3.75. The number of aliphatic hydroxyl groups excluding tert-OH is 2. The molecule has 0 radical (unpaired) electrons. The van der Waals surface area contributed by atoms with Crippen molar-refractivity contribution >= 4 is 23.5 Å². The summed E-state index contributed by atoms with van der Waals surface area (Å²) in [5, 5.41) is 20.3. The standard InChI is InChI=1S/C10H17N2O15P3/c1-10(4-24-29(20,21)27-30(22,23)26-28(17,18)19)7(15)6(14)8(25-10)12-3-2-5(13)11-9(12)16/h2-3,6-8,14-15H,4H2,1H3,(H,20,21)(H,22,23)(H,11,13,16)(H2,17,18,19)/t6?,7-,8-,10-/m1/s1. The number of aromatic nitrogens is 2. The molecule has 1 aromatic rings. The molecule has 7 N–H and O–H groups in total. The van der Waals surface area contributed by atoms with Crippen LogP contribution in [-0.4, -0.2) is 63.8 Å². The Bertz CT molecular complexity index is 1050. The Morgan fingerprint density at radius 3 is 2.27 bits per heavy atom. The number of aromatic amines is 1. The summed E-state index contributed by atoms with van der Waals surface area (Å²) in [4.78, 5) is 60.4. The summed E-state index contributed by atoms with van der Waals surface area (Å²) in [6.45, 7) is -0.00813. The van der Waals surface area contributed by atoms with Crippen LogP contribution in [-0.2, 0) is 31.6 Å². The van der Waals surface area contributed by atoms with Crippen molar-refractivity contribution in [2.45, 2.75) is 31.0 Å². The predicted molar refractivity (Wildman–Crippen MR) is 91.7 cm³/mol. The number of nitrogens with zero attached hydrogens (tertiary/aromatic N) is 1. The van der Waals surface area contributed by atoms with Gasteiger partial charge >= 0.3 is 29.2 Å². The van der Waals surface area contributed by atoms with Crippen molar-refractivity contribution in [3.05, 3.63) is 33.1 Å². The molecule has 1 saturated heterocycles. The maximum Gasteiger partial charge on any atom is 0.490 e. The lowest BCUT2D eigenvalue weighted by atomic mass is 9.99. The first-order valence-electron chi connectivity index (χ1n) is 7.58. The van der Waals surface area contributed by atoms with Gasteiger partial charge in [-0.2, -0.15) is 8.62 Å². The average molecular weight is 498 g/mol. The quantitative estimate of drug-likeness (QED) is 0.189. The third-order valence-electron chi connectivity index (χ3n) is 3.69. The number of H-pyrrole nitrogens is 1. The second kappa shape index (κ2) is 8.48. The van der Waals surface area contributed by atoms with Gasteiger partial charge in [0.15, 0.2) is 6.23 Å². The number of aliphatic hydroxyl groups is 2. The van der Waals surface area contributed by atoms with Gasteiger partial charge < -0.3 is 34.5 Å². The van der Waals surface area contributed by atoms with Gasteiger partial charge in [0.05, 0.1) is 6.61 Å². The van der Waals surface area contributed by atoms with Crippen LogP contribution >= 0.6 is 23.5 Å². The van der Waals surface area contributed by atoms with E-state index in [0.717, 1.165) is 19.2 Å². The lowest BCUT2D eigenvalue weighted by molar-refractivity contribution is -0.116. The fourth-order valence-corrected chi connectivity index (χ4v) is 5.53.